The van der Waals surface area contributed by atoms with E-state index in [1.165, 1.54) is 11.8 Å². The van der Waals surface area contributed by atoms with Crippen LogP contribution < -0.4 is 5.32 Å². The molecule has 0 fully saturated rings. The van der Waals surface area contributed by atoms with Crippen molar-refractivity contribution in [3.05, 3.63) is 59.3 Å². The van der Waals surface area contributed by atoms with Gasteiger partial charge in [0.15, 0.2) is 0 Å². The van der Waals surface area contributed by atoms with E-state index in [2.05, 4.69) is 28.1 Å². The Balaban J connectivity index is 1.82. The topological polar surface area (TPSA) is 59.8 Å². The summed E-state index contributed by atoms with van der Waals surface area (Å²) in [4.78, 5) is 17.3. The number of aromatic nitrogens is 3. The van der Waals surface area contributed by atoms with Gasteiger partial charge in [0, 0.05) is 22.9 Å². The van der Waals surface area contributed by atoms with E-state index in [-0.39, 0.29) is 17.7 Å². The van der Waals surface area contributed by atoms with Gasteiger partial charge in [-0.1, -0.05) is 47.6 Å². The Morgan fingerprint density at radius 2 is 2.20 bits per heavy atom. The highest BCUT2D eigenvalue weighted by atomic mass is 35.5. The lowest BCUT2D eigenvalue weighted by molar-refractivity contribution is -0.123. The van der Waals surface area contributed by atoms with Crippen LogP contribution in [0.3, 0.4) is 0 Å². The fourth-order valence-corrected chi connectivity index (χ4v) is 4.03. The predicted molar refractivity (Wildman–Crippen MR) is 100.0 cm³/mol. The summed E-state index contributed by atoms with van der Waals surface area (Å²) in [7, 11) is 0. The molecule has 4 rings (SSSR count). The van der Waals surface area contributed by atoms with Crippen molar-refractivity contribution < 1.29 is 4.79 Å². The van der Waals surface area contributed by atoms with Gasteiger partial charge in [-0.05, 0) is 24.1 Å². The molecule has 0 amide bonds. The molecule has 1 aromatic heterocycles. The number of Topliss-reactive ketones (excluding diaryl/α,β-unsaturated/α-hetero) is 1. The molecule has 2 heterocycles. The summed E-state index contributed by atoms with van der Waals surface area (Å²) in [5.74, 6) is 1.37. The van der Waals surface area contributed by atoms with Crippen LogP contribution in [0, 0.1) is 5.92 Å². The maximum absolute atomic E-state index is 12.7. The molecular weight excluding hydrogens is 356 g/mol. The van der Waals surface area contributed by atoms with Crippen LogP contribution in [-0.2, 0) is 4.79 Å². The molecule has 5 nitrogen and oxygen atoms in total. The van der Waals surface area contributed by atoms with E-state index in [0.29, 0.717) is 22.5 Å². The lowest BCUT2D eigenvalue weighted by Crippen LogP contribution is -2.38. The number of benzene rings is 1. The molecule has 0 radical (unpaired) electrons. The van der Waals surface area contributed by atoms with E-state index < -0.39 is 0 Å². The average Bonchev–Trinajstić information content (AvgIpc) is 3.01. The van der Waals surface area contributed by atoms with Crippen molar-refractivity contribution in [3.63, 3.8) is 0 Å². The summed E-state index contributed by atoms with van der Waals surface area (Å²) >= 11 is 7.56. The number of allylic oxidation sites excluding steroid dienone is 2. The minimum Gasteiger partial charge on any atom is -0.328 e. The zero-order valence-electron chi connectivity index (χ0n) is 13.5. The summed E-state index contributed by atoms with van der Waals surface area (Å²) in [6.45, 7) is 3.73. The Morgan fingerprint density at radius 1 is 1.40 bits per heavy atom. The smallest absolute Gasteiger partial charge is 0.227 e. The Kier molecular flexibility index (Phi) is 4.39. The molecule has 1 aliphatic heterocycles. The van der Waals surface area contributed by atoms with E-state index in [1.54, 1.807) is 0 Å². The Morgan fingerprint density at radius 3 is 2.96 bits per heavy atom. The highest BCUT2D eigenvalue weighted by Crippen LogP contribution is 2.42. The third-order valence-corrected chi connectivity index (χ3v) is 5.51. The third-order valence-electron chi connectivity index (χ3n) is 4.43. The van der Waals surface area contributed by atoms with Gasteiger partial charge in [-0.3, -0.25) is 4.79 Å². The fraction of sp³-hybridized carbons (Fsp3) is 0.278. The highest BCUT2D eigenvalue weighted by Gasteiger charge is 2.41. The first-order chi connectivity index (χ1) is 12.2. The van der Waals surface area contributed by atoms with Gasteiger partial charge in [0.05, 0.1) is 12.0 Å². The molecule has 7 heteroatoms. The zero-order chi connectivity index (χ0) is 17.4. The van der Waals surface area contributed by atoms with Gasteiger partial charge in [0.2, 0.25) is 11.1 Å². The number of nitrogens with one attached hydrogen (secondary N) is 1. The third kappa shape index (κ3) is 3.00. The number of halogens is 1. The monoisotopic (exact) mass is 372 g/mol. The molecule has 1 N–H and O–H groups in total. The molecule has 2 unspecified atom stereocenters. The number of hydrogen-bond donors (Lipinski definition) is 1. The van der Waals surface area contributed by atoms with Crippen molar-refractivity contribution in [1.82, 2.24) is 14.8 Å². The van der Waals surface area contributed by atoms with Crippen molar-refractivity contribution in [1.29, 1.82) is 0 Å². The number of ketones is 1. The molecule has 0 bridgehead atoms. The molecule has 0 spiro atoms. The standard InChI is InChI=1S/C18H17ClN4OS/c1-2-10-25-18-21-17-20-13-4-3-5-14(24)15(13)16(23(17)22-18)11-6-8-12(19)9-7-11/h2,4,6-9,15-16H,1,3,5,10H2,(H,20,21,22). The molecule has 2 atom stereocenters. The Labute approximate surface area is 155 Å². The van der Waals surface area contributed by atoms with Crippen LogP contribution in [0.25, 0.3) is 0 Å². The van der Waals surface area contributed by atoms with Crippen LogP contribution in [0.2, 0.25) is 5.02 Å². The van der Waals surface area contributed by atoms with Crippen LogP contribution in [0.5, 0.6) is 0 Å². The van der Waals surface area contributed by atoms with Crippen LogP contribution in [0.1, 0.15) is 24.4 Å². The minimum absolute atomic E-state index is 0.210. The van der Waals surface area contributed by atoms with Crippen LogP contribution in [-0.4, -0.2) is 26.3 Å². The Bertz CT molecular complexity index is 858. The number of rotatable bonds is 4. The number of fused-ring (bicyclic) bond motifs is 2. The first kappa shape index (κ1) is 16.4. The van der Waals surface area contributed by atoms with E-state index in [9.17, 15) is 4.79 Å². The van der Waals surface area contributed by atoms with Gasteiger partial charge < -0.3 is 5.32 Å². The number of carbonyl (C=O) groups excluding carboxylic acids is 1. The number of thioether (sulfide) groups is 1. The predicted octanol–water partition coefficient (Wildman–Crippen LogP) is 4.09. The maximum atomic E-state index is 12.7. The molecule has 25 heavy (non-hydrogen) atoms. The summed E-state index contributed by atoms with van der Waals surface area (Å²) in [5.41, 5.74) is 1.93. The highest BCUT2D eigenvalue weighted by molar-refractivity contribution is 7.99. The second kappa shape index (κ2) is 6.69. The van der Waals surface area contributed by atoms with Crippen molar-refractivity contribution in [3.8, 4) is 0 Å². The van der Waals surface area contributed by atoms with Crippen molar-refractivity contribution in [2.24, 2.45) is 5.92 Å². The molecule has 2 aliphatic rings. The van der Waals surface area contributed by atoms with Gasteiger partial charge >= 0.3 is 0 Å². The van der Waals surface area contributed by atoms with Gasteiger partial charge in [-0.25, -0.2) is 4.68 Å². The molecule has 1 aromatic carbocycles. The van der Waals surface area contributed by atoms with Gasteiger partial charge in [-0.15, -0.1) is 11.7 Å². The van der Waals surface area contributed by atoms with E-state index in [0.717, 1.165) is 23.4 Å². The first-order valence-electron chi connectivity index (χ1n) is 8.13. The van der Waals surface area contributed by atoms with Crippen LogP contribution >= 0.6 is 23.4 Å². The summed E-state index contributed by atoms with van der Waals surface area (Å²) < 4.78 is 1.83. The summed E-state index contributed by atoms with van der Waals surface area (Å²) in [5, 5.41) is 9.29. The first-order valence-corrected chi connectivity index (χ1v) is 9.49. The van der Waals surface area contributed by atoms with E-state index >= 15 is 0 Å². The molecule has 0 saturated carbocycles. The second-order valence-corrected chi connectivity index (χ2v) is 7.45. The maximum Gasteiger partial charge on any atom is 0.227 e. The van der Waals surface area contributed by atoms with Gasteiger partial charge in [0.25, 0.3) is 0 Å². The SMILES string of the molecule is C=CCSc1nc2n(n1)C(c1ccc(Cl)cc1)C1C(=O)CCC=C1N2. The van der Waals surface area contributed by atoms with Crippen LogP contribution in [0.4, 0.5) is 5.95 Å². The Hall–Kier alpha value is -2.05. The lowest BCUT2D eigenvalue weighted by Gasteiger charge is -2.36. The van der Waals surface area contributed by atoms with E-state index in [4.69, 9.17) is 11.6 Å². The van der Waals surface area contributed by atoms with Crippen molar-refractivity contribution >= 4 is 35.1 Å². The number of hydrogen-bond acceptors (Lipinski definition) is 5. The average molecular weight is 373 g/mol. The zero-order valence-corrected chi connectivity index (χ0v) is 15.1. The van der Waals surface area contributed by atoms with Gasteiger partial charge in [0.1, 0.15) is 5.78 Å². The van der Waals surface area contributed by atoms with Crippen molar-refractivity contribution in [2.45, 2.75) is 24.0 Å². The van der Waals surface area contributed by atoms with E-state index in [1.807, 2.05) is 35.0 Å². The lowest BCUT2D eigenvalue weighted by atomic mass is 9.81. The molecule has 1 aliphatic carbocycles. The van der Waals surface area contributed by atoms with Crippen LogP contribution in [0.15, 0.2) is 53.8 Å². The van der Waals surface area contributed by atoms with Gasteiger partial charge in [-0.2, -0.15) is 4.98 Å². The minimum atomic E-state index is -0.263. The number of anilines is 1. The summed E-state index contributed by atoms with van der Waals surface area (Å²) in [6.07, 6.45) is 5.24. The molecule has 2 aromatic rings. The number of nitrogens with zero attached hydrogens (tertiary/aromatic N) is 3. The quantitative estimate of drug-likeness (QED) is 0.647. The van der Waals surface area contributed by atoms with Crippen molar-refractivity contribution in [2.75, 3.05) is 11.1 Å². The molecule has 128 valence electrons. The fourth-order valence-electron chi connectivity index (χ4n) is 3.34. The summed E-state index contributed by atoms with van der Waals surface area (Å²) in [6, 6.07) is 7.40. The molecule has 0 saturated heterocycles. The number of carbonyl (C=O) groups is 1. The molecular formula is C18H17ClN4OS. The normalized spacial score (nSPS) is 21.8. The largest absolute Gasteiger partial charge is 0.328 e. The second-order valence-electron chi connectivity index (χ2n) is 6.03.